The van der Waals surface area contributed by atoms with Gasteiger partial charge in [-0.05, 0) is 5.41 Å². The molecule has 0 aliphatic heterocycles. The van der Waals surface area contributed by atoms with E-state index in [9.17, 15) is 0 Å². The predicted octanol–water partition coefficient (Wildman–Crippen LogP) is 1.76. The van der Waals surface area contributed by atoms with E-state index in [0.717, 1.165) is 5.57 Å². The molecule has 0 amide bonds. The van der Waals surface area contributed by atoms with Crippen molar-refractivity contribution in [1.82, 2.24) is 4.98 Å². The third-order valence-corrected chi connectivity index (χ3v) is 2.46. The van der Waals surface area contributed by atoms with E-state index in [0.29, 0.717) is 6.54 Å². The van der Waals surface area contributed by atoms with Gasteiger partial charge in [0.2, 0.25) is 0 Å². The van der Waals surface area contributed by atoms with Gasteiger partial charge in [0, 0.05) is 5.57 Å². The van der Waals surface area contributed by atoms with E-state index in [4.69, 9.17) is 10.5 Å². The molecule has 86 valence electrons. The molecule has 4 nitrogen and oxygen atoms in total. The summed E-state index contributed by atoms with van der Waals surface area (Å²) in [4.78, 5) is 3.93. The monoisotopic (exact) mass is 227 g/mol. The second-order valence-corrected chi connectivity index (χ2v) is 4.74. The van der Waals surface area contributed by atoms with Crippen molar-refractivity contribution in [1.29, 1.82) is 10.5 Å². The molecule has 1 rings (SSSR count). The molecule has 0 saturated carbocycles. The lowest BCUT2D eigenvalue weighted by Gasteiger charge is -2.20. The van der Waals surface area contributed by atoms with E-state index in [-0.39, 0.29) is 11.0 Å². The number of hydrogen-bond donors (Lipinski definition) is 0. The van der Waals surface area contributed by atoms with Gasteiger partial charge in [-0.1, -0.05) is 20.8 Å². The first-order valence-corrected chi connectivity index (χ1v) is 5.32. The topological polar surface area (TPSA) is 64.3 Å². The summed E-state index contributed by atoms with van der Waals surface area (Å²) in [6.45, 7) is 6.53. The van der Waals surface area contributed by atoms with Crippen LogP contribution < -0.4 is 4.57 Å². The lowest BCUT2D eigenvalue weighted by molar-refractivity contribution is -0.690. The number of rotatable bonds is 2. The fourth-order valence-corrected chi connectivity index (χ4v) is 1.49. The first-order valence-electron chi connectivity index (χ1n) is 5.32. The quantitative estimate of drug-likeness (QED) is 0.571. The Hall–Kier alpha value is -2.20. The second kappa shape index (κ2) is 5.23. The summed E-state index contributed by atoms with van der Waals surface area (Å²) in [5.74, 6) is 0. The maximum absolute atomic E-state index is 8.99. The normalized spacial score (nSPS) is 10.2. The van der Waals surface area contributed by atoms with Crippen LogP contribution in [0.3, 0.4) is 0 Å². The molecule has 0 fully saturated rings. The largest absolute Gasteiger partial charge is 0.252 e. The highest BCUT2D eigenvalue weighted by Crippen LogP contribution is 2.27. The van der Waals surface area contributed by atoms with E-state index in [1.54, 1.807) is 12.4 Å². The summed E-state index contributed by atoms with van der Waals surface area (Å²) >= 11 is 0. The number of aromatic nitrogens is 2. The fourth-order valence-electron chi connectivity index (χ4n) is 1.49. The average molecular weight is 227 g/mol. The maximum atomic E-state index is 8.99. The third-order valence-electron chi connectivity index (χ3n) is 2.46. The Kier molecular flexibility index (Phi) is 3.96. The highest BCUT2D eigenvalue weighted by Gasteiger charge is 2.25. The van der Waals surface area contributed by atoms with Gasteiger partial charge in [-0.15, -0.1) is 0 Å². The summed E-state index contributed by atoms with van der Waals surface area (Å²) in [6.07, 6.45) is 6.99. The molecule has 0 saturated heterocycles. The number of nitriles is 2. The Morgan fingerprint density at radius 3 is 2.12 bits per heavy atom. The molecule has 0 bridgehead atoms. The van der Waals surface area contributed by atoms with E-state index in [1.807, 2.05) is 49.9 Å². The summed E-state index contributed by atoms with van der Waals surface area (Å²) in [6, 6.07) is 3.94. The van der Waals surface area contributed by atoms with Crippen LogP contribution in [0.2, 0.25) is 0 Å². The molecule has 0 radical (unpaired) electrons. The van der Waals surface area contributed by atoms with Crippen molar-refractivity contribution >= 4 is 0 Å². The Labute approximate surface area is 101 Å². The average Bonchev–Trinajstić information content (AvgIpc) is 2.29. The van der Waals surface area contributed by atoms with E-state index in [2.05, 4.69) is 4.98 Å². The van der Waals surface area contributed by atoms with Crippen LogP contribution >= 0.6 is 0 Å². The van der Waals surface area contributed by atoms with Crippen LogP contribution in [0.15, 0.2) is 35.9 Å². The first-order chi connectivity index (χ1) is 7.99. The van der Waals surface area contributed by atoms with E-state index < -0.39 is 0 Å². The van der Waals surface area contributed by atoms with Crippen molar-refractivity contribution < 1.29 is 4.57 Å². The molecule has 1 aromatic rings. The van der Waals surface area contributed by atoms with Crippen LogP contribution in [0.1, 0.15) is 20.8 Å². The zero-order chi connectivity index (χ0) is 12.9. The standard InChI is InChI=1S/C13H15N4/c1-13(2,3)12(11(8-14)9-15)10-17-6-4-16-5-7-17/h4-7H,10H2,1-3H3/q+1. The lowest BCUT2D eigenvalue weighted by atomic mass is 9.83. The Balaban J connectivity index is 3.17. The molecule has 17 heavy (non-hydrogen) atoms. The lowest BCUT2D eigenvalue weighted by Crippen LogP contribution is -2.37. The van der Waals surface area contributed by atoms with Crippen LogP contribution in [0.5, 0.6) is 0 Å². The van der Waals surface area contributed by atoms with Gasteiger partial charge in [-0.25, -0.2) is 0 Å². The first kappa shape index (κ1) is 12.9. The molecular weight excluding hydrogens is 212 g/mol. The van der Waals surface area contributed by atoms with Crippen molar-refractivity contribution in [2.75, 3.05) is 0 Å². The van der Waals surface area contributed by atoms with Crippen molar-refractivity contribution in [3.63, 3.8) is 0 Å². The van der Waals surface area contributed by atoms with Gasteiger partial charge in [-0.3, -0.25) is 4.98 Å². The molecule has 0 aliphatic carbocycles. The van der Waals surface area contributed by atoms with Gasteiger partial charge < -0.3 is 0 Å². The maximum Gasteiger partial charge on any atom is 0.187 e. The summed E-state index contributed by atoms with van der Waals surface area (Å²) < 4.78 is 1.91. The Morgan fingerprint density at radius 2 is 1.71 bits per heavy atom. The van der Waals surface area contributed by atoms with Gasteiger partial charge in [0.25, 0.3) is 0 Å². The Bertz CT molecular complexity index is 479. The second-order valence-electron chi connectivity index (χ2n) is 4.74. The van der Waals surface area contributed by atoms with Crippen LogP contribution in [-0.4, -0.2) is 4.98 Å². The molecule has 0 unspecified atom stereocenters. The van der Waals surface area contributed by atoms with E-state index in [1.165, 1.54) is 0 Å². The van der Waals surface area contributed by atoms with Crippen molar-refractivity contribution in [2.24, 2.45) is 5.41 Å². The minimum Gasteiger partial charge on any atom is -0.252 e. The molecule has 4 heteroatoms. The summed E-state index contributed by atoms with van der Waals surface area (Å²) in [5.41, 5.74) is 0.817. The Morgan fingerprint density at radius 1 is 1.18 bits per heavy atom. The molecule has 1 heterocycles. The van der Waals surface area contributed by atoms with Crippen LogP contribution in [-0.2, 0) is 6.54 Å². The molecule has 0 aromatic carbocycles. The fraction of sp³-hybridized carbons (Fsp3) is 0.385. The summed E-state index contributed by atoms with van der Waals surface area (Å²) in [7, 11) is 0. The third kappa shape index (κ3) is 3.39. The number of allylic oxidation sites excluding steroid dienone is 2. The molecular formula is C13H15N4+. The van der Waals surface area contributed by atoms with Gasteiger partial charge in [0.15, 0.2) is 18.9 Å². The zero-order valence-electron chi connectivity index (χ0n) is 10.3. The zero-order valence-corrected chi connectivity index (χ0v) is 10.3. The van der Waals surface area contributed by atoms with Gasteiger partial charge in [-0.2, -0.15) is 15.1 Å². The molecule has 0 spiro atoms. The van der Waals surface area contributed by atoms with Crippen molar-refractivity contribution in [3.05, 3.63) is 35.9 Å². The smallest absolute Gasteiger partial charge is 0.187 e. The predicted molar refractivity (Wildman–Crippen MR) is 62.1 cm³/mol. The molecule has 0 N–H and O–H groups in total. The molecule has 1 aromatic heterocycles. The number of hydrogen-bond acceptors (Lipinski definition) is 3. The van der Waals surface area contributed by atoms with Crippen molar-refractivity contribution in [3.8, 4) is 12.1 Å². The SMILES string of the molecule is CC(C)(C)C(C[n+]1ccncc1)=C(C#N)C#N. The van der Waals surface area contributed by atoms with Gasteiger partial charge in [0.05, 0.1) is 12.4 Å². The minimum absolute atomic E-state index is 0.196. The molecule has 0 atom stereocenters. The van der Waals surface area contributed by atoms with Gasteiger partial charge >= 0.3 is 0 Å². The number of nitrogens with zero attached hydrogens (tertiary/aromatic N) is 4. The van der Waals surface area contributed by atoms with E-state index >= 15 is 0 Å². The highest BCUT2D eigenvalue weighted by molar-refractivity contribution is 5.41. The molecule has 0 aliphatic rings. The van der Waals surface area contributed by atoms with Gasteiger partial charge in [0.1, 0.15) is 17.7 Å². The highest BCUT2D eigenvalue weighted by atomic mass is 14.9. The van der Waals surface area contributed by atoms with Crippen LogP contribution in [0.25, 0.3) is 0 Å². The summed E-state index contributed by atoms with van der Waals surface area (Å²) in [5, 5.41) is 18.0. The van der Waals surface area contributed by atoms with Crippen molar-refractivity contribution in [2.45, 2.75) is 27.3 Å². The van der Waals surface area contributed by atoms with Crippen LogP contribution in [0, 0.1) is 28.1 Å². The van der Waals surface area contributed by atoms with Crippen LogP contribution in [0.4, 0.5) is 0 Å². The minimum atomic E-state index is -0.211.